The number of halogens is 1. The van der Waals surface area contributed by atoms with Gasteiger partial charge >= 0.3 is 5.97 Å². The maximum atomic E-state index is 13.2. The van der Waals surface area contributed by atoms with Crippen LogP contribution < -0.4 is 15.8 Å². The molecule has 0 atom stereocenters. The number of hydrogen-bond donors (Lipinski definition) is 2. The molecule has 3 N–H and O–H groups in total. The fourth-order valence-electron chi connectivity index (χ4n) is 1.26. The van der Waals surface area contributed by atoms with Gasteiger partial charge in [-0.05, 0) is 6.92 Å². The fraction of sp³-hybridized carbons (Fsp3) is 0.364. The summed E-state index contributed by atoms with van der Waals surface area (Å²) in [6.45, 7) is 1.99. The lowest BCUT2D eigenvalue weighted by Crippen LogP contribution is -2.17. The van der Waals surface area contributed by atoms with Crippen LogP contribution >= 0.6 is 0 Å². The Hall–Kier alpha value is -1.98. The number of carbonyl (C=O) groups excluding carboxylic acids is 1. The van der Waals surface area contributed by atoms with Crippen LogP contribution in [0.15, 0.2) is 12.1 Å². The summed E-state index contributed by atoms with van der Waals surface area (Å²) >= 11 is 0. The third kappa shape index (κ3) is 3.51. The third-order valence-corrected chi connectivity index (χ3v) is 2.05. The van der Waals surface area contributed by atoms with Crippen LogP contribution in [-0.4, -0.2) is 26.2 Å². The molecule has 94 valence electrons. The van der Waals surface area contributed by atoms with Crippen LogP contribution in [0, 0.1) is 5.82 Å². The summed E-state index contributed by atoms with van der Waals surface area (Å²) in [4.78, 5) is 11.1. The van der Waals surface area contributed by atoms with Gasteiger partial charge in [-0.3, -0.25) is 4.79 Å². The number of esters is 1. The molecule has 0 amide bonds. The molecule has 0 aliphatic rings. The molecule has 0 bridgehead atoms. The monoisotopic (exact) mass is 242 g/mol. The lowest BCUT2D eigenvalue weighted by atomic mass is 10.2. The SMILES string of the molecule is CCOC(=O)CNc1cc(OC)c(F)cc1N. The first-order valence-corrected chi connectivity index (χ1v) is 5.11. The van der Waals surface area contributed by atoms with Gasteiger partial charge in [0.1, 0.15) is 6.54 Å². The topological polar surface area (TPSA) is 73.6 Å². The van der Waals surface area contributed by atoms with Gasteiger partial charge in [0, 0.05) is 12.1 Å². The molecule has 1 aromatic rings. The van der Waals surface area contributed by atoms with E-state index < -0.39 is 11.8 Å². The first kappa shape index (κ1) is 13.1. The molecule has 0 unspecified atom stereocenters. The van der Waals surface area contributed by atoms with Crippen LogP contribution in [0.5, 0.6) is 5.75 Å². The Morgan fingerprint density at radius 3 is 2.82 bits per heavy atom. The molecule has 0 aromatic heterocycles. The number of benzene rings is 1. The summed E-state index contributed by atoms with van der Waals surface area (Å²) in [6, 6.07) is 2.52. The number of anilines is 2. The van der Waals surface area contributed by atoms with Gasteiger partial charge in [-0.15, -0.1) is 0 Å². The summed E-state index contributed by atoms with van der Waals surface area (Å²) in [6.07, 6.45) is 0. The van der Waals surface area contributed by atoms with Crippen molar-refractivity contribution in [2.75, 3.05) is 31.3 Å². The van der Waals surface area contributed by atoms with Crippen molar-refractivity contribution in [1.29, 1.82) is 0 Å². The number of ether oxygens (including phenoxy) is 2. The Labute approximate surface area is 98.7 Å². The van der Waals surface area contributed by atoms with E-state index in [2.05, 4.69) is 5.32 Å². The number of nitrogens with two attached hydrogens (primary N) is 1. The van der Waals surface area contributed by atoms with E-state index in [1.807, 2.05) is 0 Å². The number of carbonyl (C=O) groups is 1. The number of nitrogen functional groups attached to an aromatic ring is 1. The molecule has 0 heterocycles. The molecule has 0 saturated carbocycles. The first-order valence-electron chi connectivity index (χ1n) is 5.11. The number of methoxy groups -OCH3 is 1. The molecule has 5 nitrogen and oxygen atoms in total. The van der Waals surface area contributed by atoms with E-state index in [-0.39, 0.29) is 18.0 Å². The maximum Gasteiger partial charge on any atom is 0.325 e. The van der Waals surface area contributed by atoms with Crippen LogP contribution in [0.4, 0.5) is 15.8 Å². The van der Waals surface area contributed by atoms with Crippen molar-refractivity contribution in [3.8, 4) is 5.75 Å². The van der Waals surface area contributed by atoms with Crippen molar-refractivity contribution >= 4 is 17.3 Å². The fourth-order valence-corrected chi connectivity index (χ4v) is 1.26. The zero-order valence-electron chi connectivity index (χ0n) is 9.75. The number of hydrogen-bond acceptors (Lipinski definition) is 5. The molecule has 17 heavy (non-hydrogen) atoms. The quantitative estimate of drug-likeness (QED) is 0.603. The van der Waals surface area contributed by atoms with Gasteiger partial charge in [0.15, 0.2) is 11.6 Å². The Bertz CT molecular complexity index is 410. The minimum absolute atomic E-state index is 0.0349. The minimum Gasteiger partial charge on any atom is -0.494 e. The molecule has 0 fully saturated rings. The standard InChI is InChI=1S/C11H15FN2O3/c1-3-17-11(15)6-14-9-5-10(16-2)7(12)4-8(9)13/h4-5,14H,3,6,13H2,1-2H3. The predicted molar refractivity (Wildman–Crippen MR) is 62.5 cm³/mol. The van der Waals surface area contributed by atoms with Crippen LogP contribution in [0.1, 0.15) is 6.92 Å². The molecule has 1 rings (SSSR count). The summed E-state index contributed by atoms with van der Waals surface area (Å²) in [7, 11) is 1.35. The van der Waals surface area contributed by atoms with E-state index in [4.69, 9.17) is 15.2 Å². The molecule has 0 radical (unpaired) electrons. The first-order chi connectivity index (χ1) is 8.08. The van der Waals surface area contributed by atoms with Crippen molar-refractivity contribution in [2.24, 2.45) is 0 Å². The highest BCUT2D eigenvalue weighted by atomic mass is 19.1. The van der Waals surface area contributed by atoms with E-state index in [9.17, 15) is 9.18 Å². The van der Waals surface area contributed by atoms with Gasteiger partial charge < -0.3 is 20.5 Å². The Morgan fingerprint density at radius 2 is 2.24 bits per heavy atom. The number of rotatable bonds is 5. The molecular weight excluding hydrogens is 227 g/mol. The summed E-state index contributed by atoms with van der Waals surface area (Å²) in [5, 5.41) is 2.75. The Kier molecular flexibility index (Phi) is 4.56. The summed E-state index contributed by atoms with van der Waals surface area (Å²) < 4.78 is 22.8. The lowest BCUT2D eigenvalue weighted by molar-refractivity contribution is -0.140. The zero-order valence-corrected chi connectivity index (χ0v) is 9.75. The van der Waals surface area contributed by atoms with E-state index in [0.717, 1.165) is 6.07 Å². The van der Waals surface area contributed by atoms with Crippen molar-refractivity contribution in [2.45, 2.75) is 6.92 Å². The molecular formula is C11H15FN2O3. The highest BCUT2D eigenvalue weighted by Crippen LogP contribution is 2.27. The van der Waals surface area contributed by atoms with Crippen molar-refractivity contribution < 1.29 is 18.7 Å². The molecule has 0 aliphatic carbocycles. The van der Waals surface area contributed by atoms with E-state index in [1.54, 1.807) is 6.92 Å². The van der Waals surface area contributed by atoms with Gasteiger partial charge in [-0.1, -0.05) is 0 Å². The second kappa shape index (κ2) is 5.93. The minimum atomic E-state index is -0.549. The van der Waals surface area contributed by atoms with Crippen LogP contribution in [0.25, 0.3) is 0 Å². The van der Waals surface area contributed by atoms with Crippen LogP contribution in [0.2, 0.25) is 0 Å². The molecule has 0 spiro atoms. The lowest BCUT2D eigenvalue weighted by Gasteiger charge is -2.11. The second-order valence-electron chi connectivity index (χ2n) is 3.23. The van der Waals surface area contributed by atoms with Crippen molar-refractivity contribution in [3.05, 3.63) is 17.9 Å². The highest BCUT2D eigenvalue weighted by Gasteiger charge is 2.09. The van der Waals surface area contributed by atoms with Gasteiger partial charge in [0.05, 0.1) is 25.1 Å². The average Bonchev–Trinajstić information content (AvgIpc) is 2.28. The number of nitrogens with one attached hydrogen (secondary N) is 1. The molecule has 0 aliphatic heterocycles. The van der Waals surface area contributed by atoms with Gasteiger partial charge in [0.25, 0.3) is 0 Å². The summed E-state index contributed by atoms with van der Waals surface area (Å²) in [5.74, 6) is -0.896. The van der Waals surface area contributed by atoms with Gasteiger partial charge in [-0.2, -0.15) is 0 Å². The van der Waals surface area contributed by atoms with E-state index in [1.165, 1.54) is 13.2 Å². The smallest absolute Gasteiger partial charge is 0.325 e. The Balaban J connectivity index is 2.74. The van der Waals surface area contributed by atoms with Crippen LogP contribution in [0.3, 0.4) is 0 Å². The predicted octanol–water partition coefficient (Wildman–Crippen LogP) is 1.39. The average molecular weight is 242 g/mol. The molecule has 1 aromatic carbocycles. The molecule has 6 heteroatoms. The normalized spacial score (nSPS) is 9.82. The van der Waals surface area contributed by atoms with Gasteiger partial charge in [-0.25, -0.2) is 4.39 Å². The zero-order chi connectivity index (χ0) is 12.8. The van der Waals surface area contributed by atoms with Crippen molar-refractivity contribution in [3.63, 3.8) is 0 Å². The van der Waals surface area contributed by atoms with Gasteiger partial charge in [0.2, 0.25) is 0 Å². The van der Waals surface area contributed by atoms with E-state index >= 15 is 0 Å². The van der Waals surface area contributed by atoms with Crippen molar-refractivity contribution in [1.82, 2.24) is 0 Å². The van der Waals surface area contributed by atoms with E-state index in [0.29, 0.717) is 12.3 Å². The maximum absolute atomic E-state index is 13.2. The second-order valence-corrected chi connectivity index (χ2v) is 3.23. The Morgan fingerprint density at radius 1 is 1.53 bits per heavy atom. The summed E-state index contributed by atoms with van der Waals surface area (Å²) in [5.41, 5.74) is 6.22. The largest absolute Gasteiger partial charge is 0.494 e. The third-order valence-electron chi connectivity index (χ3n) is 2.05. The van der Waals surface area contributed by atoms with Crippen LogP contribution in [-0.2, 0) is 9.53 Å². The molecule has 0 saturated heterocycles. The highest BCUT2D eigenvalue weighted by molar-refractivity contribution is 5.78.